The maximum Gasteiger partial charge on any atom is 0.407 e. The van der Waals surface area contributed by atoms with Crippen LogP contribution < -0.4 is 0 Å². The number of para-hydroxylation sites is 1. The van der Waals surface area contributed by atoms with Crippen molar-refractivity contribution in [3.63, 3.8) is 0 Å². The van der Waals surface area contributed by atoms with Crippen molar-refractivity contribution >= 4 is 37.9 Å². The van der Waals surface area contributed by atoms with E-state index < -0.39 is 21.5 Å². The maximum atomic E-state index is 11.7. The number of aromatic nitrogens is 3. The zero-order valence-electron chi connectivity index (χ0n) is 19.4. The van der Waals surface area contributed by atoms with Crippen molar-refractivity contribution in [2.45, 2.75) is 38.5 Å². The highest BCUT2D eigenvalue weighted by Crippen LogP contribution is 2.33. The number of amides is 1. The number of benzene rings is 1. The Balaban J connectivity index is 1.76. The second-order valence-corrected chi connectivity index (χ2v) is 11.0. The molecule has 3 aromatic rings. The van der Waals surface area contributed by atoms with Crippen LogP contribution in [0, 0.1) is 0 Å². The third kappa shape index (κ3) is 5.31. The third-order valence-corrected chi connectivity index (χ3v) is 7.16. The van der Waals surface area contributed by atoms with Gasteiger partial charge in [0.15, 0.2) is 0 Å². The molecule has 34 heavy (non-hydrogen) atoms. The highest BCUT2D eigenvalue weighted by atomic mass is 32.2. The average molecular weight is 491 g/mol. The Labute approximate surface area is 198 Å². The second-order valence-electron chi connectivity index (χ2n) is 8.69. The summed E-state index contributed by atoms with van der Waals surface area (Å²) in [4.78, 5) is 22.2. The van der Waals surface area contributed by atoms with E-state index in [1.807, 2.05) is 31.2 Å². The molecule has 1 fully saturated rings. The minimum atomic E-state index is -3.20. The van der Waals surface area contributed by atoms with E-state index in [9.17, 15) is 18.3 Å². The Morgan fingerprint density at radius 2 is 1.94 bits per heavy atom. The lowest BCUT2D eigenvalue weighted by molar-refractivity contribution is -0.0853. The maximum absolute atomic E-state index is 11.7. The molecule has 0 bridgehead atoms. The molecule has 1 aliphatic heterocycles. The van der Waals surface area contributed by atoms with Crippen molar-refractivity contribution in [1.82, 2.24) is 19.4 Å². The first-order chi connectivity index (χ1) is 16.2. The molecule has 184 valence electrons. The Kier molecular flexibility index (Phi) is 7.06. The second kappa shape index (κ2) is 9.85. The van der Waals surface area contributed by atoms with Crippen LogP contribution >= 0.6 is 0 Å². The number of pyridine rings is 1. The van der Waals surface area contributed by atoms with Crippen LogP contribution in [-0.2, 0) is 32.5 Å². The lowest BCUT2D eigenvalue weighted by Gasteiger charge is -2.41. The van der Waals surface area contributed by atoms with Gasteiger partial charge >= 0.3 is 6.09 Å². The Morgan fingerprint density at radius 3 is 2.62 bits per heavy atom. The molecule has 1 aromatic carbocycles. The summed E-state index contributed by atoms with van der Waals surface area (Å²) in [5, 5.41) is 10.4. The van der Waals surface area contributed by atoms with Crippen LogP contribution in [0.5, 0.6) is 0 Å². The molecule has 10 nitrogen and oxygen atoms in total. The fraction of sp³-hybridized carbons (Fsp3) is 0.522. The molecule has 1 amide bonds. The summed E-state index contributed by atoms with van der Waals surface area (Å²) in [7, 11) is -3.20. The van der Waals surface area contributed by atoms with Gasteiger partial charge in [0, 0.05) is 31.3 Å². The smallest absolute Gasteiger partial charge is 0.407 e. The van der Waals surface area contributed by atoms with Crippen LogP contribution in [0.1, 0.15) is 25.6 Å². The van der Waals surface area contributed by atoms with E-state index in [1.165, 1.54) is 11.2 Å². The van der Waals surface area contributed by atoms with Gasteiger partial charge in [-0.05, 0) is 25.8 Å². The highest BCUT2D eigenvalue weighted by Gasteiger charge is 2.38. The van der Waals surface area contributed by atoms with Gasteiger partial charge in [0.2, 0.25) is 0 Å². The number of ether oxygens (including phenoxy) is 2. The monoisotopic (exact) mass is 490 g/mol. The van der Waals surface area contributed by atoms with Gasteiger partial charge < -0.3 is 24.0 Å². The number of rotatable bonds is 9. The van der Waals surface area contributed by atoms with Crippen molar-refractivity contribution < 1.29 is 27.8 Å². The molecule has 1 aliphatic rings. The first-order valence-electron chi connectivity index (χ1n) is 11.3. The van der Waals surface area contributed by atoms with Gasteiger partial charge in [-0.15, -0.1) is 0 Å². The summed E-state index contributed by atoms with van der Waals surface area (Å²) in [6.45, 7) is 3.82. The molecule has 0 unspecified atom stereocenters. The number of fused-ring (bicyclic) bond motifs is 3. The number of hydrogen-bond acceptors (Lipinski definition) is 7. The van der Waals surface area contributed by atoms with Crippen LogP contribution in [0.25, 0.3) is 21.9 Å². The quantitative estimate of drug-likeness (QED) is 0.486. The van der Waals surface area contributed by atoms with E-state index in [0.29, 0.717) is 45.7 Å². The van der Waals surface area contributed by atoms with Crippen molar-refractivity contribution in [2.75, 3.05) is 38.3 Å². The third-order valence-electron chi connectivity index (χ3n) is 6.25. The first-order valence-corrected chi connectivity index (χ1v) is 13.4. The largest absolute Gasteiger partial charge is 0.465 e. The number of carboxylic acid groups (broad SMARTS) is 1. The molecule has 0 radical (unpaired) electrons. The van der Waals surface area contributed by atoms with Gasteiger partial charge in [0.05, 0.1) is 41.7 Å². The fourth-order valence-electron chi connectivity index (χ4n) is 4.44. The molecule has 0 atom stereocenters. The van der Waals surface area contributed by atoms with Gasteiger partial charge in [-0.2, -0.15) is 0 Å². The predicted molar refractivity (Wildman–Crippen MR) is 128 cm³/mol. The fourth-order valence-corrected chi connectivity index (χ4v) is 4.82. The number of nitrogens with zero attached hydrogens (tertiary/aromatic N) is 4. The minimum absolute atomic E-state index is 0.0433. The molecule has 4 rings (SSSR count). The topological polar surface area (TPSA) is 124 Å². The zero-order chi connectivity index (χ0) is 24.3. The molecule has 2 aromatic heterocycles. The predicted octanol–water partition coefficient (Wildman–Crippen LogP) is 2.69. The van der Waals surface area contributed by atoms with Gasteiger partial charge in [-0.3, -0.25) is 4.98 Å². The van der Waals surface area contributed by atoms with E-state index in [2.05, 4.69) is 9.55 Å². The Morgan fingerprint density at radius 1 is 1.21 bits per heavy atom. The van der Waals surface area contributed by atoms with Crippen molar-refractivity contribution in [1.29, 1.82) is 0 Å². The number of likely N-dealkylation sites (tertiary alicyclic amines) is 1. The number of carbonyl (C=O) groups is 1. The Hall–Kier alpha value is -2.76. The van der Waals surface area contributed by atoms with E-state index in [-0.39, 0.29) is 12.4 Å². The summed E-state index contributed by atoms with van der Waals surface area (Å²) >= 11 is 0. The summed E-state index contributed by atoms with van der Waals surface area (Å²) in [5.41, 5.74) is 1.75. The lowest BCUT2D eigenvalue weighted by atomic mass is 9.90. The highest BCUT2D eigenvalue weighted by molar-refractivity contribution is 7.90. The van der Waals surface area contributed by atoms with Crippen LogP contribution in [0.15, 0.2) is 30.5 Å². The van der Waals surface area contributed by atoms with E-state index >= 15 is 0 Å². The summed E-state index contributed by atoms with van der Waals surface area (Å²) in [6, 6.07) is 7.82. The summed E-state index contributed by atoms with van der Waals surface area (Å²) in [6.07, 6.45) is 2.85. The summed E-state index contributed by atoms with van der Waals surface area (Å²) in [5.74, 6) is 0.627. The van der Waals surface area contributed by atoms with Gasteiger partial charge in [-0.1, -0.05) is 18.2 Å². The van der Waals surface area contributed by atoms with Gasteiger partial charge in [-0.25, -0.2) is 18.2 Å². The SMILES string of the molecule is CCOCc1nc2cnc3ccccc3c2n1CC1(OCCS(C)(=O)=O)CCN(C(=O)O)CC1. The molecule has 1 saturated heterocycles. The van der Waals surface area contributed by atoms with Crippen molar-refractivity contribution in [2.24, 2.45) is 0 Å². The number of piperidine rings is 1. The molecular weight excluding hydrogens is 460 g/mol. The van der Waals surface area contributed by atoms with Gasteiger partial charge in [0.1, 0.15) is 27.8 Å². The van der Waals surface area contributed by atoms with E-state index in [1.54, 1.807) is 6.20 Å². The van der Waals surface area contributed by atoms with Crippen LogP contribution in [0.3, 0.4) is 0 Å². The molecule has 11 heteroatoms. The number of imidazole rings is 1. The molecule has 3 heterocycles. The zero-order valence-corrected chi connectivity index (χ0v) is 20.3. The van der Waals surface area contributed by atoms with Gasteiger partial charge in [0.25, 0.3) is 0 Å². The molecule has 0 aliphatic carbocycles. The van der Waals surface area contributed by atoms with E-state index in [4.69, 9.17) is 14.5 Å². The minimum Gasteiger partial charge on any atom is -0.465 e. The molecule has 0 spiro atoms. The van der Waals surface area contributed by atoms with E-state index in [0.717, 1.165) is 27.8 Å². The molecule has 0 saturated carbocycles. The first kappa shape index (κ1) is 24.4. The number of hydrogen-bond donors (Lipinski definition) is 1. The van der Waals surface area contributed by atoms with Crippen LogP contribution in [0.2, 0.25) is 0 Å². The van der Waals surface area contributed by atoms with Crippen LogP contribution in [0.4, 0.5) is 4.79 Å². The van der Waals surface area contributed by atoms with Crippen molar-refractivity contribution in [3.8, 4) is 0 Å². The average Bonchev–Trinajstić information content (AvgIpc) is 3.14. The lowest BCUT2D eigenvalue weighted by Crippen LogP contribution is -2.50. The normalized spacial score (nSPS) is 16.4. The van der Waals surface area contributed by atoms with Crippen molar-refractivity contribution in [3.05, 3.63) is 36.3 Å². The molecular formula is C23H30N4O6S. The van der Waals surface area contributed by atoms with Crippen LogP contribution in [-0.4, -0.2) is 83.0 Å². The summed E-state index contributed by atoms with van der Waals surface area (Å²) < 4.78 is 37.5. The number of sulfone groups is 1. The standard InChI is InChI=1S/C23H30N4O6S/c1-3-32-15-20-25-19-14-24-18-7-5-4-6-17(18)21(19)27(20)16-23(33-12-13-34(2,30)31)8-10-26(11-9-23)22(28)29/h4-7,14H,3,8-13,15-16H2,1-2H3,(H,28,29). The molecule has 1 N–H and O–H groups in total. The Bertz CT molecular complexity index is 1280.